The van der Waals surface area contributed by atoms with Crippen molar-refractivity contribution in [3.05, 3.63) is 76.6 Å². The van der Waals surface area contributed by atoms with Gasteiger partial charge in [-0.2, -0.15) is 5.26 Å². The van der Waals surface area contributed by atoms with Crippen LogP contribution in [0.1, 0.15) is 5.56 Å². The number of carbonyl (C=O) groups is 1. The van der Waals surface area contributed by atoms with Gasteiger partial charge >= 0.3 is 5.97 Å². The number of ether oxygens (including phenoxy) is 1. The third-order valence-corrected chi connectivity index (χ3v) is 3.76. The monoisotopic (exact) mass is 346 g/mol. The molecule has 1 aromatic heterocycles. The van der Waals surface area contributed by atoms with Gasteiger partial charge in [0.15, 0.2) is 6.61 Å². The fraction of sp³-hybridized carbons (Fsp3) is 0.0500. The molecule has 0 aliphatic heterocycles. The van der Waals surface area contributed by atoms with Gasteiger partial charge < -0.3 is 14.8 Å². The predicted octanol–water partition coefficient (Wildman–Crippen LogP) is 3.04. The van der Waals surface area contributed by atoms with Gasteiger partial charge in [0.2, 0.25) is 0 Å². The number of H-pyrrole nitrogens is 1. The second-order valence-corrected chi connectivity index (χ2v) is 5.49. The first-order chi connectivity index (χ1) is 12.6. The van der Waals surface area contributed by atoms with Crippen molar-refractivity contribution in [2.24, 2.45) is 0 Å². The topological polar surface area (TPSA) is 103 Å². The standard InChI is InChI=1S/C20H14N2O4/c21-11-17-16(13-6-8-15(9-7-13)26-12-19(23)24)10-18(22-20(17)25)14-4-2-1-3-5-14/h1-10H,12H2,(H,22,25)(H,23,24). The average Bonchev–Trinajstić information content (AvgIpc) is 2.67. The Morgan fingerprint density at radius 1 is 1.08 bits per heavy atom. The number of nitrogens with zero attached hydrogens (tertiary/aromatic N) is 1. The average molecular weight is 346 g/mol. The molecule has 3 rings (SSSR count). The lowest BCUT2D eigenvalue weighted by Crippen LogP contribution is -2.12. The van der Waals surface area contributed by atoms with E-state index < -0.39 is 18.1 Å². The summed E-state index contributed by atoms with van der Waals surface area (Å²) in [5.41, 5.74) is 2.15. The van der Waals surface area contributed by atoms with Gasteiger partial charge in [-0.25, -0.2) is 4.79 Å². The molecule has 6 nitrogen and oxygen atoms in total. The van der Waals surface area contributed by atoms with E-state index in [4.69, 9.17) is 9.84 Å². The van der Waals surface area contributed by atoms with Crippen LogP contribution in [0.25, 0.3) is 22.4 Å². The Kier molecular flexibility index (Phi) is 4.81. The van der Waals surface area contributed by atoms with Crippen LogP contribution in [0.15, 0.2) is 65.5 Å². The first-order valence-corrected chi connectivity index (χ1v) is 7.76. The minimum Gasteiger partial charge on any atom is -0.482 e. The molecule has 2 N–H and O–H groups in total. The number of hydrogen-bond donors (Lipinski definition) is 2. The van der Waals surface area contributed by atoms with Gasteiger partial charge in [-0.05, 0) is 29.3 Å². The zero-order valence-electron chi connectivity index (χ0n) is 13.6. The SMILES string of the molecule is N#Cc1c(-c2ccc(OCC(=O)O)cc2)cc(-c2ccccc2)[nH]c1=O. The molecular formula is C20H14N2O4. The van der Waals surface area contributed by atoms with Gasteiger partial charge in [-0.15, -0.1) is 0 Å². The third-order valence-electron chi connectivity index (χ3n) is 3.76. The molecule has 2 aromatic carbocycles. The molecule has 0 saturated heterocycles. The molecule has 0 saturated carbocycles. The molecule has 26 heavy (non-hydrogen) atoms. The second-order valence-electron chi connectivity index (χ2n) is 5.49. The van der Waals surface area contributed by atoms with Gasteiger partial charge in [0, 0.05) is 11.3 Å². The smallest absolute Gasteiger partial charge is 0.341 e. The molecule has 6 heteroatoms. The van der Waals surface area contributed by atoms with E-state index in [9.17, 15) is 14.9 Å². The highest BCUT2D eigenvalue weighted by Crippen LogP contribution is 2.27. The van der Waals surface area contributed by atoms with Crippen LogP contribution < -0.4 is 10.3 Å². The van der Waals surface area contributed by atoms with Crippen molar-refractivity contribution in [3.8, 4) is 34.2 Å². The first-order valence-electron chi connectivity index (χ1n) is 7.76. The van der Waals surface area contributed by atoms with Crippen molar-refractivity contribution in [1.29, 1.82) is 5.26 Å². The summed E-state index contributed by atoms with van der Waals surface area (Å²) in [6.07, 6.45) is 0. The van der Waals surface area contributed by atoms with E-state index in [1.165, 1.54) is 0 Å². The van der Waals surface area contributed by atoms with Crippen LogP contribution in [0.3, 0.4) is 0 Å². The van der Waals surface area contributed by atoms with Crippen LogP contribution in [0.2, 0.25) is 0 Å². The summed E-state index contributed by atoms with van der Waals surface area (Å²) >= 11 is 0. The summed E-state index contributed by atoms with van der Waals surface area (Å²) < 4.78 is 5.10. The van der Waals surface area contributed by atoms with E-state index >= 15 is 0 Å². The molecule has 0 aliphatic rings. The largest absolute Gasteiger partial charge is 0.482 e. The number of carboxylic acid groups (broad SMARTS) is 1. The maximum Gasteiger partial charge on any atom is 0.341 e. The second kappa shape index (κ2) is 7.36. The Balaban J connectivity index is 2.03. The number of rotatable bonds is 5. The number of aliphatic carboxylic acids is 1. The number of aromatic amines is 1. The van der Waals surface area contributed by atoms with Crippen molar-refractivity contribution in [1.82, 2.24) is 4.98 Å². The minimum atomic E-state index is -1.07. The Labute approximate surface area is 148 Å². The van der Waals surface area contributed by atoms with Crippen LogP contribution in [0, 0.1) is 11.3 Å². The molecular weight excluding hydrogens is 332 g/mol. The summed E-state index contributed by atoms with van der Waals surface area (Å²) in [6, 6.07) is 19.6. The van der Waals surface area contributed by atoms with E-state index in [1.807, 2.05) is 36.4 Å². The van der Waals surface area contributed by atoms with Crippen molar-refractivity contribution < 1.29 is 14.6 Å². The lowest BCUT2D eigenvalue weighted by molar-refractivity contribution is -0.139. The summed E-state index contributed by atoms with van der Waals surface area (Å²) in [7, 11) is 0. The molecule has 0 unspecified atom stereocenters. The number of carboxylic acids is 1. The predicted molar refractivity (Wildman–Crippen MR) is 95.8 cm³/mol. The van der Waals surface area contributed by atoms with Crippen molar-refractivity contribution >= 4 is 5.97 Å². The van der Waals surface area contributed by atoms with E-state index in [-0.39, 0.29) is 5.56 Å². The highest BCUT2D eigenvalue weighted by atomic mass is 16.5. The van der Waals surface area contributed by atoms with Gasteiger partial charge in [0.25, 0.3) is 5.56 Å². The van der Waals surface area contributed by atoms with Crippen LogP contribution >= 0.6 is 0 Å². The van der Waals surface area contributed by atoms with Gasteiger partial charge in [0.05, 0.1) is 0 Å². The van der Waals surface area contributed by atoms with Crippen molar-refractivity contribution in [2.75, 3.05) is 6.61 Å². The maximum atomic E-state index is 12.3. The fourth-order valence-corrected chi connectivity index (χ4v) is 2.55. The first kappa shape index (κ1) is 17.0. The zero-order valence-corrected chi connectivity index (χ0v) is 13.6. The number of pyridine rings is 1. The van der Waals surface area contributed by atoms with Crippen LogP contribution in [0.4, 0.5) is 0 Å². The molecule has 0 spiro atoms. The Morgan fingerprint density at radius 3 is 2.38 bits per heavy atom. The molecule has 128 valence electrons. The Bertz CT molecular complexity index is 1030. The lowest BCUT2D eigenvalue weighted by Gasteiger charge is -2.09. The zero-order chi connectivity index (χ0) is 18.5. The Hall–Kier alpha value is -3.85. The summed E-state index contributed by atoms with van der Waals surface area (Å²) in [5.74, 6) is -0.675. The number of nitrogens with one attached hydrogen (secondary N) is 1. The summed E-state index contributed by atoms with van der Waals surface area (Å²) in [6.45, 7) is -0.439. The molecule has 0 radical (unpaired) electrons. The highest BCUT2D eigenvalue weighted by molar-refractivity contribution is 5.75. The number of nitriles is 1. The highest BCUT2D eigenvalue weighted by Gasteiger charge is 2.12. The van der Waals surface area contributed by atoms with E-state index in [1.54, 1.807) is 30.3 Å². The molecule has 0 fully saturated rings. The molecule has 0 atom stereocenters. The van der Waals surface area contributed by atoms with Gasteiger partial charge in [0.1, 0.15) is 17.4 Å². The van der Waals surface area contributed by atoms with E-state index in [0.717, 1.165) is 5.56 Å². The van der Waals surface area contributed by atoms with Crippen LogP contribution in [0.5, 0.6) is 5.75 Å². The molecule has 0 aliphatic carbocycles. The van der Waals surface area contributed by atoms with E-state index in [0.29, 0.717) is 22.6 Å². The molecule has 0 bridgehead atoms. The maximum absolute atomic E-state index is 12.3. The quantitative estimate of drug-likeness (QED) is 0.739. The van der Waals surface area contributed by atoms with Crippen molar-refractivity contribution in [3.63, 3.8) is 0 Å². The third kappa shape index (κ3) is 3.62. The van der Waals surface area contributed by atoms with E-state index in [2.05, 4.69) is 4.98 Å². The molecule has 3 aromatic rings. The number of hydrogen-bond acceptors (Lipinski definition) is 4. The number of benzene rings is 2. The minimum absolute atomic E-state index is 0.0175. The lowest BCUT2D eigenvalue weighted by atomic mass is 9.99. The molecule has 1 heterocycles. The normalized spacial score (nSPS) is 10.1. The Morgan fingerprint density at radius 2 is 1.77 bits per heavy atom. The fourth-order valence-electron chi connectivity index (χ4n) is 2.55. The molecule has 0 amide bonds. The summed E-state index contributed by atoms with van der Waals surface area (Å²) in [5, 5.41) is 18.0. The van der Waals surface area contributed by atoms with Crippen molar-refractivity contribution in [2.45, 2.75) is 0 Å². The number of aromatic nitrogens is 1. The van der Waals surface area contributed by atoms with Gasteiger partial charge in [-0.3, -0.25) is 4.79 Å². The van der Waals surface area contributed by atoms with Gasteiger partial charge in [-0.1, -0.05) is 42.5 Å². The summed E-state index contributed by atoms with van der Waals surface area (Å²) in [4.78, 5) is 25.6. The van der Waals surface area contributed by atoms with Crippen LogP contribution in [-0.2, 0) is 4.79 Å². The van der Waals surface area contributed by atoms with Crippen LogP contribution in [-0.4, -0.2) is 22.7 Å².